The number of carbonyl (C=O) groups is 1. The van der Waals surface area contributed by atoms with Crippen LogP contribution >= 0.6 is 0 Å². The third kappa shape index (κ3) is 1.67. The van der Waals surface area contributed by atoms with Gasteiger partial charge in [-0.15, -0.1) is 0 Å². The van der Waals surface area contributed by atoms with Crippen LogP contribution in [0.4, 0.5) is 5.69 Å². The second-order valence-electron chi connectivity index (χ2n) is 4.37. The lowest BCUT2D eigenvalue weighted by molar-refractivity contribution is 0.112. The molecule has 0 radical (unpaired) electrons. The molecule has 0 aliphatic heterocycles. The molecule has 1 saturated carbocycles. The minimum Gasteiger partial charge on any atom is -0.381 e. The van der Waals surface area contributed by atoms with Gasteiger partial charge in [-0.2, -0.15) is 5.10 Å². The Morgan fingerprint density at radius 3 is 3.06 bits per heavy atom. The lowest BCUT2D eigenvalue weighted by atomic mass is 10.1. The Hall–Kier alpha value is -1.91. The summed E-state index contributed by atoms with van der Waals surface area (Å²) in [6.45, 7) is 2.00. The van der Waals surface area contributed by atoms with Crippen molar-refractivity contribution in [2.75, 3.05) is 5.32 Å². The van der Waals surface area contributed by atoms with Crippen molar-refractivity contribution in [1.29, 1.82) is 0 Å². The summed E-state index contributed by atoms with van der Waals surface area (Å²) in [5, 5.41) is 11.2. The first-order valence-corrected chi connectivity index (χ1v) is 5.91. The molecule has 5 heteroatoms. The van der Waals surface area contributed by atoms with E-state index in [0.29, 0.717) is 11.6 Å². The van der Waals surface area contributed by atoms with Gasteiger partial charge in [0.2, 0.25) is 0 Å². The molecule has 3 rings (SSSR count). The highest BCUT2D eigenvalue weighted by molar-refractivity contribution is 6.00. The molecular formula is C12H14N4O. The minimum absolute atomic E-state index is 0.499. The van der Waals surface area contributed by atoms with Crippen molar-refractivity contribution in [3.63, 3.8) is 0 Å². The Labute approximate surface area is 98.6 Å². The Morgan fingerprint density at radius 1 is 1.59 bits per heavy atom. The molecular weight excluding hydrogens is 216 g/mol. The average Bonchev–Trinajstić information content (AvgIpc) is 3.04. The van der Waals surface area contributed by atoms with Gasteiger partial charge >= 0.3 is 0 Å². The van der Waals surface area contributed by atoms with Gasteiger partial charge in [0, 0.05) is 6.04 Å². The highest BCUT2D eigenvalue weighted by Crippen LogP contribution is 2.32. The monoisotopic (exact) mass is 230 g/mol. The van der Waals surface area contributed by atoms with Gasteiger partial charge in [0.15, 0.2) is 11.9 Å². The number of aromatic nitrogens is 3. The minimum atomic E-state index is 0.499. The van der Waals surface area contributed by atoms with Gasteiger partial charge in [-0.25, -0.2) is 4.98 Å². The van der Waals surface area contributed by atoms with Crippen molar-refractivity contribution in [3.05, 3.63) is 17.5 Å². The van der Waals surface area contributed by atoms with Crippen molar-refractivity contribution in [3.8, 4) is 0 Å². The number of rotatable bonds is 4. The SMILES string of the molecule is CCc1nc2[nH]ncc2c(NC2CC2)c1C=O. The van der Waals surface area contributed by atoms with Gasteiger partial charge in [-0.05, 0) is 19.3 Å². The topological polar surface area (TPSA) is 70.7 Å². The van der Waals surface area contributed by atoms with Gasteiger partial charge < -0.3 is 5.32 Å². The van der Waals surface area contributed by atoms with Crippen LogP contribution in [0, 0.1) is 0 Å². The maximum atomic E-state index is 11.3. The summed E-state index contributed by atoms with van der Waals surface area (Å²) in [4.78, 5) is 15.7. The smallest absolute Gasteiger partial charge is 0.157 e. The number of nitrogens with one attached hydrogen (secondary N) is 2. The van der Waals surface area contributed by atoms with Crippen molar-refractivity contribution >= 4 is 23.0 Å². The largest absolute Gasteiger partial charge is 0.381 e. The van der Waals surface area contributed by atoms with E-state index < -0.39 is 0 Å². The van der Waals surface area contributed by atoms with Gasteiger partial charge in [-0.3, -0.25) is 9.89 Å². The highest BCUT2D eigenvalue weighted by atomic mass is 16.1. The number of hydrogen-bond acceptors (Lipinski definition) is 4. The second-order valence-corrected chi connectivity index (χ2v) is 4.37. The van der Waals surface area contributed by atoms with Crippen LogP contribution in [0.3, 0.4) is 0 Å². The van der Waals surface area contributed by atoms with Crippen LogP contribution in [0.5, 0.6) is 0 Å². The molecule has 1 fully saturated rings. The number of hydrogen-bond donors (Lipinski definition) is 2. The number of anilines is 1. The van der Waals surface area contributed by atoms with E-state index in [0.717, 1.165) is 35.1 Å². The zero-order valence-corrected chi connectivity index (χ0v) is 9.66. The van der Waals surface area contributed by atoms with Crippen LogP contribution in [0.25, 0.3) is 11.0 Å². The van der Waals surface area contributed by atoms with Crippen molar-refractivity contribution in [2.24, 2.45) is 0 Å². The molecule has 2 aromatic rings. The molecule has 0 bridgehead atoms. The number of aldehydes is 1. The van der Waals surface area contributed by atoms with E-state index in [9.17, 15) is 4.79 Å². The highest BCUT2D eigenvalue weighted by Gasteiger charge is 2.24. The third-order valence-electron chi connectivity index (χ3n) is 3.09. The van der Waals surface area contributed by atoms with Crippen LogP contribution in [0.15, 0.2) is 6.20 Å². The van der Waals surface area contributed by atoms with Crippen LogP contribution in [0.2, 0.25) is 0 Å². The normalized spacial score (nSPS) is 15.1. The first-order chi connectivity index (χ1) is 8.33. The number of aryl methyl sites for hydroxylation is 1. The van der Waals surface area contributed by atoms with Crippen LogP contribution < -0.4 is 5.32 Å². The van der Waals surface area contributed by atoms with E-state index in [2.05, 4.69) is 20.5 Å². The van der Waals surface area contributed by atoms with Gasteiger partial charge in [0.1, 0.15) is 0 Å². The number of H-pyrrole nitrogens is 1. The van der Waals surface area contributed by atoms with Crippen molar-refractivity contribution < 1.29 is 4.79 Å². The molecule has 0 amide bonds. The summed E-state index contributed by atoms with van der Waals surface area (Å²) in [7, 11) is 0. The van der Waals surface area contributed by atoms with Crippen molar-refractivity contribution in [1.82, 2.24) is 15.2 Å². The number of pyridine rings is 1. The Bertz CT molecular complexity index is 571. The quantitative estimate of drug-likeness (QED) is 0.787. The number of nitrogens with zero attached hydrogens (tertiary/aromatic N) is 2. The fraction of sp³-hybridized carbons (Fsp3) is 0.417. The average molecular weight is 230 g/mol. The Morgan fingerprint density at radius 2 is 2.41 bits per heavy atom. The van der Waals surface area contributed by atoms with E-state index in [4.69, 9.17) is 0 Å². The standard InChI is InChI=1S/C12H14N4O/c1-2-10-9(6-17)11(14-7-3-4-7)8-5-13-16-12(8)15-10/h5-7H,2-4H2,1H3,(H2,13,14,15,16). The molecule has 0 spiro atoms. The van der Waals surface area contributed by atoms with Gasteiger partial charge in [-0.1, -0.05) is 6.92 Å². The molecule has 0 atom stereocenters. The van der Waals surface area contributed by atoms with Crippen molar-refractivity contribution in [2.45, 2.75) is 32.2 Å². The summed E-state index contributed by atoms with van der Waals surface area (Å²) >= 11 is 0. The predicted octanol–water partition coefficient (Wildman–Crippen LogP) is 1.91. The fourth-order valence-electron chi connectivity index (χ4n) is 2.02. The number of aromatic amines is 1. The van der Waals surface area contributed by atoms with E-state index in [-0.39, 0.29) is 0 Å². The molecule has 0 saturated heterocycles. The number of fused-ring (bicyclic) bond motifs is 1. The molecule has 0 aromatic carbocycles. The zero-order valence-electron chi connectivity index (χ0n) is 9.66. The maximum Gasteiger partial charge on any atom is 0.157 e. The maximum absolute atomic E-state index is 11.3. The summed E-state index contributed by atoms with van der Waals surface area (Å²) in [6, 6.07) is 0.499. The fourth-order valence-corrected chi connectivity index (χ4v) is 2.02. The van der Waals surface area contributed by atoms with Crippen LogP contribution in [0.1, 0.15) is 35.8 Å². The summed E-state index contributed by atoms with van der Waals surface area (Å²) in [5.74, 6) is 0. The Balaban J connectivity index is 2.23. The molecule has 88 valence electrons. The molecule has 17 heavy (non-hydrogen) atoms. The van der Waals surface area contributed by atoms with E-state index >= 15 is 0 Å². The third-order valence-corrected chi connectivity index (χ3v) is 3.09. The van der Waals surface area contributed by atoms with E-state index in [1.807, 2.05) is 6.92 Å². The van der Waals surface area contributed by atoms with Crippen LogP contribution in [-0.4, -0.2) is 27.5 Å². The molecule has 2 N–H and O–H groups in total. The van der Waals surface area contributed by atoms with E-state index in [1.165, 1.54) is 12.8 Å². The molecule has 0 unspecified atom stereocenters. The molecule has 2 aromatic heterocycles. The molecule has 1 aliphatic carbocycles. The molecule has 5 nitrogen and oxygen atoms in total. The number of carbonyl (C=O) groups excluding carboxylic acids is 1. The summed E-state index contributed by atoms with van der Waals surface area (Å²) < 4.78 is 0. The molecule has 1 aliphatic rings. The lowest BCUT2D eigenvalue weighted by Gasteiger charge is -2.11. The second kappa shape index (κ2) is 3.84. The summed E-state index contributed by atoms with van der Waals surface area (Å²) in [5.41, 5.74) is 3.13. The van der Waals surface area contributed by atoms with Gasteiger partial charge in [0.05, 0.1) is 28.5 Å². The first kappa shape index (κ1) is 10.3. The first-order valence-electron chi connectivity index (χ1n) is 5.91. The summed E-state index contributed by atoms with van der Waals surface area (Å²) in [6.07, 6.45) is 5.69. The predicted molar refractivity (Wildman–Crippen MR) is 65.3 cm³/mol. The van der Waals surface area contributed by atoms with Crippen LogP contribution in [-0.2, 0) is 6.42 Å². The zero-order chi connectivity index (χ0) is 11.8. The van der Waals surface area contributed by atoms with Gasteiger partial charge in [0.25, 0.3) is 0 Å². The lowest BCUT2D eigenvalue weighted by Crippen LogP contribution is -2.08. The Kier molecular flexibility index (Phi) is 2.31. The van der Waals surface area contributed by atoms with E-state index in [1.54, 1.807) is 6.20 Å². The molecule has 2 heterocycles.